The number of carbonyl (C=O) groups is 1. The highest BCUT2D eigenvalue weighted by atomic mass is 32.2. The maximum atomic E-state index is 13.8. The second-order valence-corrected chi connectivity index (χ2v) is 14.2. The number of anilines is 2. The summed E-state index contributed by atoms with van der Waals surface area (Å²) in [5.74, 6) is -0.0261. The lowest BCUT2D eigenvalue weighted by atomic mass is 9.93. The third kappa shape index (κ3) is 7.10. The Bertz CT molecular complexity index is 2390. The van der Waals surface area contributed by atoms with Crippen LogP contribution in [0.5, 0.6) is 0 Å². The number of hydrogen-bond acceptors (Lipinski definition) is 7. The maximum absolute atomic E-state index is 13.8. The average Bonchev–Trinajstić information content (AvgIpc) is 3.08. The normalized spacial score (nSPS) is 12.0. The largest absolute Gasteiger partial charge is 0.461 e. The molecule has 1 heterocycles. The molecule has 0 fully saturated rings. The van der Waals surface area contributed by atoms with Crippen molar-refractivity contribution in [3.63, 3.8) is 0 Å². The van der Waals surface area contributed by atoms with Crippen LogP contribution in [0.25, 0.3) is 33.4 Å². The van der Waals surface area contributed by atoms with Crippen LogP contribution in [0.3, 0.4) is 0 Å². The van der Waals surface area contributed by atoms with Crippen LogP contribution in [-0.2, 0) is 19.6 Å². The third-order valence-corrected chi connectivity index (χ3v) is 10.1. The van der Waals surface area contributed by atoms with Gasteiger partial charge in [-0.2, -0.15) is 0 Å². The number of rotatable bonds is 10. The molecule has 0 bridgehead atoms. The monoisotopic (exact) mass is 685 g/mol. The van der Waals surface area contributed by atoms with E-state index in [1.807, 2.05) is 80.6 Å². The van der Waals surface area contributed by atoms with Crippen molar-refractivity contribution in [2.75, 3.05) is 18.5 Å². The summed E-state index contributed by atoms with van der Waals surface area (Å²) in [6.07, 6.45) is 0. The molecule has 1 aliphatic heterocycles. The molecule has 0 radical (unpaired) electrons. The van der Waals surface area contributed by atoms with Gasteiger partial charge in [0.2, 0.25) is 10.0 Å². The number of aryl methyl sites for hydroxylation is 4. The van der Waals surface area contributed by atoms with Gasteiger partial charge in [-0.3, -0.25) is 0 Å². The summed E-state index contributed by atoms with van der Waals surface area (Å²) in [7, 11) is -4.04. The van der Waals surface area contributed by atoms with Crippen molar-refractivity contribution < 1.29 is 22.4 Å². The van der Waals surface area contributed by atoms with Gasteiger partial charge in [-0.15, -0.1) is 0 Å². The van der Waals surface area contributed by atoms with E-state index in [1.165, 1.54) is 6.92 Å². The van der Waals surface area contributed by atoms with Crippen LogP contribution in [-0.4, -0.2) is 27.5 Å². The first-order valence-corrected chi connectivity index (χ1v) is 17.8. The highest BCUT2D eigenvalue weighted by molar-refractivity contribution is 7.89. The zero-order chi connectivity index (χ0) is 35.6. The van der Waals surface area contributed by atoms with E-state index in [2.05, 4.69) is 42.6 Å². The molecule has 2 N–H and O–H groups in total. The molecule has 0 saturated carbocycles. The Labute approximate surface area is 292 Å². The second-order valence-electron chi connectivity index (χ2n) is 12.4. The van der Waals surface area contributed by atoms with Gasteiger partial charge >= 0.3 is 5.97 Å². The molecule has 9 heteroatoms. The summed E-state index contributed by atoms with van der Waals surface area (Å²) in [6.45, 7) is 13.0. The first-order chi connectivity index (χ1) is 23.9. The molecule has 4 aromatic rings. The van der Waals surface area contributed by atoms with Crippen LogP contribution in [0.15, 0.2) is 124 Å². The van der Waals surface area contributed by atoms with Crippen LogP contribution in [0, 0.1) is 27.7 Å². The SMILES string of the molecule is C=C(C)C(=O)OCCNS(=O)(=O)c1ccccc1-c1c2cc/c(=N\c3c(C)cccc3C)cc-2oc2cc(Nc3c(C)cccc3C)ccc12. The number of fused-ring (bicyclic) bond motifs is 2. The Kier molecular flexibility index (Phi) is 9.72. The lowest BCUT2D eigenvalue weighted by molar-refractivity contribution is -0.138. The fourth-order valence-electron chi connectivity index (χ4n) is 6.01. The quantitative estimate of drug-likeness (QED) is 0.0646. The molecule has 0 unspecified atom stereocenters. The highest BCUT2D eigenvalue weighted by Gasteiger charge is 2.25. The van der Waals surface area contributed by atoms with Gasteiger partial charge in [0.15, 0.2) is 0 Å². The molecular weight excluding hydrogens is 647 g/mol. The lowest BCUT2D eigenvalue weighted by Gasteiger charge is -2.19. The van der Waals surface area contributed by atoms with E-state index < -0.39 is 16.0 Å². The molecule has 8 nitrogen and oxygen atoms in total. The Balaban J connectivity index is 1.52. The molecule has 0 saturated heterocycles. The summed E-state index contributed by atoms with van der Waals surface area (Å²) < 4.78 is 41.9. The Morgan fingerprint density at radius 3 is 2.20 bits per heavy atom. The first kappa shape index (κ1) is 34.4. The maximum Gasteiger partial charge on any atom is 0.333 e. The van der Waals surface area contributed by atoms with Crippen molar-refractivity contribution >= 4 is 44.0 Å². The predicted molar refractivity (Wildman–Crippen MR) is 200 cm³/mol. The van der Waals surface area contributed by atoms with Crippen molar-refractivity contribution in [2.45, 2.75) is 39.5 Å². The number of hydrogen-bond donors (Lipinski definition) is 2. The fraction of sp³-hybridized carbons (Fsp3) is 0.171. The summed E-state index contributed by atoms with van der Waals surface area (Å²) in [4.78, 5) is 16.9. The average molecular weight is 686 g/mol. The minimum atomic E-state index is -4.04. The molecule has 254 valence electrons. The minimum absolute atomic E-state index is 0.0852. The van der Waals surface area contributed by atoms with Gasteiger partial charge in [0.05, 0.1) is 15.9 Å². The predicted octanol–water partition coefficient (Wildman–Crippen LogP) is 8.81. The number of nitrogens with zero attached hydrogens (tertiary/aromatic N) is 1. The van der Waals surface area contributed by atoms with Crippen molar-refractivity contribution in [3.8, 4) is 22.5 Å². The summed E-state index contributed by atoms with van der Waals surface area (Å²) in [5, 5.41) is 5.00. The number of benzene rings is 5. The van der Waals surface area contributed by atoms with Gasteiger partial charge in [-0.1, -0.05) is 61.2 Å². The molecule has 4 aromatic carbocycles. The molecular formula is C41H39N3O5S. The van der Waals surface area contributed by atoms with E-state index in [0.29, 0.717) is 27.8 Å². The van der Waals surface area contributed by atoms with Crippen molar-refractivity contribution in [1.29, 1.82) is 0 Å². The second kappa shape index (κ2) is 14.2. The van der Waals surface area contributed by atoms with Crippen LogP contribution in [0.2, 0.25) is 0 Å². The van der Waals surface area contributed by atoms with Gasteiger partial charge in [0.25, 0.3) is 0 Å². The van der Waals surface area contributed by atoms with Crippen LogP contribution < -0.4 is 15.4 Å². The minimum Gasteiger partial charge on any atom is -0.461 e. The summed E-state index contributed by atoms with van der Waals surface area (Å²) in [5.41, 5.74) is 9.81. The van der Waals surface area contributed by atoms with Crippen LogP contribution in [0.4, 0.5) is 17.1 Å². The van der Waals surface area contributed by atoms with Crippen LogP contribution >= 0.6 is 0 Å². The number of carbonyl (C=O) groups excluding carboxylic acids is 1. The van der Waals surface area contributed by atoms with E-state index in [9.17, 15) is 13.2 Å². The van der Waals surface area contributed by atoms with Crippen molar-refractivity contribution in [3.05, 3.63) is 137 Å². The fourth-order valence-corrected chi connectivity index (χ4v) is 7.24. The summed E-state index contributed by atoms with van der Waals surface area (Å²) >= 11 is 0. The highest BCUT2D eigenvalue weighted by Crippen LogP contribution is 2.43. The standard InChI is InChI=1S/C41H39N3O5S/c1-25(2)41(45)48-22-21-42-50(46,47)37-16-8-7-15-34(37)38-32-19-17-30(43-39-26(3)11-9-12-27(39)4)23-35(32)49-36-24-31(18-20-33(36)38)44-40-28(5)13-10-14-29(40)6/h7-20,23-24,42-43H,1,21-22H2,2-6H3/b44-31+. The van der Waals surface area contributed by atoms with Gasteiger partial charge < -0.3 is 14.5 Å². The molecule has 1 aliphatic carbocycles. The molecule has 0 spiro atoms. The zero-order valence-electron chi connectivity index (χ0n) is 28.8. The van der Waals surface area contributed by atoms with Gasteiger partial charge in [-0.25, -0.2) is 22.9 Å². The summed E-state index contributed by atoms with van der Waals surface area (Å²) in [6, 6.07) is 30.7. The smallest absolute Gasteiger partial charge is 0.333 e. The van der Waals surface area contributed by atoms with E-state index >= 15 is 0 Å². The van der Waals surface area contributed by atoms with Gasteiger partial charge in [0.1, 0.15) is 18.0 Å². The van der Waals surface area contributed by atoms with Gasteiger partial charge in [0, 0.05) is 57.7 Å². The molecule has 0 atom stereocenters. The Morgan fingerprint density at radius 2 is 1.50 bits per heavy atom. The lowest BCUT2D eigenvalue weighted by Crippen LogP contribution is -2.28. The number of ether oxygens (including phenoxy) is 1. The van der Waals surface area contributed by atoms with Crippen LogP contribution in [0.1, 0.15) is 29.2 Å². The first-order valence-electron chi connectivity index (χ1n) is 16.3. The van der Waals surface area contributed by atoms with E-state index in [-0.39, 0.29) is 23.6 Å². The van der Waals surface area contributed by atoms with E-state index in [1.54, 1.807) is 18.2 Å². The Morgan fingerprint density at radius 1 is 0.820 bits per heavy atom. The zero-order valence-corrected chi connectivity index (χ0v) is 29.6. The third-order valence-electron chi connectivity index (χ3n) is 8.56. The molecule has 0 aromatic heterocycles. The molecule has 50 heavy (non-hydrogen) atoms. The van der Waals surface area contributed by atoms with Crippen molar-refractivity contribution in [2.24, 2.45) is 4.99 Å². The van der Waals surface area contributed by atoms with Gasteiger partial charge in [-0.05, 0) is 87.2 Å². The Hall–Kier alpha value is -5.51. The van der Waals surface area contributed by atoms with E-state index in [4.69, 9.17) is 14.1 Å². The number of para-hydroxylation sites is 2. The number of sulfonamides is 1. The topological polar surface area (TPSA) is 110 Å². The molecule has 0 amide bonds. The van der Waals surface area contributed by atoms with Crippen molar-refractivity contribution in [1.82, 2.24) is 4.72 Å². The molecule has 2 aliphatic rings. The number of esters is 1. The molecule has 6 rings (SSSR count). The van der Waals surface area contributed by atoms with E-state index in [0.717, 1.165) is 50.3 Å². The number of nitrogens with one attached hydrogen (secondary N) is 2.